The molecule has 0 amide bonds. The predicted octanol–water partition coefficient (Wildman–Crippen LogP) is 3.94. The molecule has 4 rings (SSSR count). The lowest BCUT2D eigenvalue weighted by atomic mass is 10.0. The fourth-order valence-electron chi connectivity index (χ4n) is 3.89. The molecule has 2 aromatic heterocycles. The van der Waals surface area contributed by atoms with Crippen molar-refractivity contribution in [3.63, 3.8) is 0 Å². The van der Waals surface area contributed by atoms with E-state index in [2.05, 4.69) is 45.0 Å². The summed E-state index contributed by atoms with van der Waals surface area (Å²) in [6.45, 7) is 7.81. The summed E-state index contributed by atoms with van der Waals surface area (Å²) in [6, 6.07) is 9.84. The first kappa shape index (κ1) is 21.3. The van der Waals surface area contributed by atoms with Crippen LogP contribution in [0.1, 0.15) is 54.9 Å². The molecule has 0 spiro atoms. The normalized spacial score (nSPS) is 16.7. The minimum Gasteiger partial charge on any atom is -0.497 e. The van der Waals surface area contributed by atoms with Crippen LogP contribution < -0.4 is 9.47 Å². The van der Waals surface area contributed by atoms with Crippen molar-refractivity contribution in [2.24, 2.45) is 0 Å². The second-order valence-corrected chi connectivity index (χ2v) is 8.42. The molecule has 0 bridgehead atoms. The van der Waals surface area contributed by atoms with E-state index in [9.17, 15) is 0 Å². The Balaban J connectivity index is 1.24. The number of aromatic amines is 1. The van der Waals surface area contributed by atoms with Crippen molar-refractivity contribution < 1.29 is 9.47 Å². The minimum absolute atomic E-state index is 0.362. The first-order valence-electron chi connectivity index (χ1n) is 10.9. The Labute approximate surface area is 183 Å². The number of benzene rings is 1. The Bertz CT molecular complexity index is 953. The second-order valence-electron chi connectivity index (χ2n) is 8.42. The number of ether oxygens (including phenoxy) is 2. The van der Waals surface area contributed by atoms with E-state index >= 15 is 0 Å². The van der Waals surface area contributed by atoms with Gasteiger partial charge in [-0.2, -0.15) is 5.10 Å². The Morgan fingerprint density at radius 3 is 2.58 bits per heavy atom. The molecule has 3 aromatic rings. The van der Waals surface area contributed by atoms with Crippen LogP contribution in [0.5, 0.6) is 11.5 Å². The van der Waals surface area contributed by atoms with Gasteiger partial charge in [-0.3, -0.25) is 10.00 Å². The van der Waals surface area contributed by atoms with Crippen molar-refractivity contribution in [3.05, 3.63) is 65.5 Å². The molecular weight excluding hydrogens is 390 g/mol. The van der Waals surface area contributed by atoms with Crippen molar-refractivity contribution >= 4 is 0 Å². The average molecular weight is 422 g/mol. The largest absolute Gasteiger partial charge is 0.497 e. The van der Waals surface area contributed by atoms with Crippen LogP contribution in [0.2, 0.25) is 0 Å². The molecule has 7 nitrogen and oxygen atoms in total. The molecule has 0 aliphatic carbocycles. The van der Waals surface area contributed by atoms with E-state index < -0.39 is 0 Å². The van der Waals surface area contributed by atoms with Crippen molar-refractivity contribution in [2.45, 2.75) is 45.1 Å². The number of likely N-dealkylation sites (tertiary alicyclic amines) is 1. The highest BCUT2D eigenvalue weighted by molar-refractivity contribution is 5.31. The standard InChI is InChI=1S/C24H31N5O2/c1-17(2)24-25-13-18(14-26-24)15-29-10-8-19(16-29)23-12-20(27-28-23)9-11-31-22-6-4-21(30-3)5-7-22/h4-7,12-14,17,19H,8-11,15-16H2,1-3H3,(H,27,28)/t19-/m1/s1. The number of methoxy groups -OCH3 is 1. The molecule has 1 N–H and O–H groups in total. The van der Waals surface area contributed by atoms with E-state index in [1.807, 2.05) is 36.7 Å². The molecule has 1 aromatic carbocycles. The zero-order valence-corrected chi connectivity index (χ0v) is 18.5. The lowest BCUT2D eigenvalue weighted by Crippen LogP contribution is -2.20. The third-order valence-corrected chi connectivity index (χ3v) is 5.69. The Morgan fingerprint density at radius 1 is 1.13 bits per heavy atom. The Kier molecular flexibility index (Phi) is 6.82. The maximum atomic E-state index is 5.83. The minimum atomic E-state index is 0.362. The first-order valence-corrected chi connectivity index (χ1v) is 10.9. The molecule has 3 heterocycles. The smallest absolute Gasteiger partial charge is 0.130 e. The fourth-order valence-corrected chi connectivity index (χ4v) is 3.89. The number of aromatic nitrogens is 4. The zero-order chi connectivity index (χ0) is 21.6. The highest BCUT2D eigenvalue weighted by Gasteiger charge is 2.26. The number of hydrogen-bond donors (Lipinski definition) is 1. The molecule has 1 atom stereocenters. The summed E-state index contributed by atoms with van der Waals surface area (Å²) in [7, 11) is 1.66. The number of nitrogens with one attached hydrogen (secondary N) is 1. The van der Waals surface area contributed by atoms with Crippen LogP contribution >= 0.6 is 0 Å². The van der Waals surface area contributed by atoms with Gasteiger partial charge in [0.1, 0.15) is 17.3 Å². The Hall–Kier alpha value is -2.93. The SMILES string of the molecule is COc1ccc(OCCc2cc([C@@H]3CCN(Cc4cnc(C(C)C)nc4)C3)n[nH]2)cc1. The summed E-state index contributed by atoms with van der Waals surface area (Å²) in [6.07, 6.45) is 5.85. The summed E-state index contributed by atoms with van der Waals surface area (Å²) in [5.74, 6) is 3.40. The summed E-state index contributed by atoms with van der Waals surface area (Å²) in [5, 5.41) is 7.75. The van der Waals surface area contributed by atoms with Gasteiger partial charge >= 0.3 is 0 Å². The second kappa shape index (κ2) is 9.92. The van der Waals surface area contributed by atoms with Crippen LogP contribution in [0.3, 0.4) is 0 Å². The van der Waals surface area contributed by atoms with Crippen LogP contribution in [0, 0.1) is 0 Å². The average Bonchev–Trinajstić information content (AvgIpc) is 3.44. The number of rotatable bonds is 9. The van der Waals surface area contributed by atoms with Gasteiger partial charge in [0, 0.05) is 55.0 Å². The van der Waals surface area contributed by atoms with Crippen LogP contribution in [-0.4, -0.2) is 51.9 Å². The van der Waals surface area contributed by atoms with Gasteiger partial charge in [0.15, 0.2) is 0 Å². The van der Waals surface area contributed by atoms with Crippen LogP contribution in [0.25, 0.3) is 0 Å². The quantitative estimate of drug-likeness (QED) is 0.564. The predicted molar refractivity (Wildman–Crippen MR) is 120 cm³/mol. The van der Waals surface area contributed by atoms with Gasteiger partial charge < -0.3 is 9.47 Å². The van der Waals surface area contributed by atoms with Crippen LogP contribution in [0.4, 0.5) is 0 Å². The molecule has 0 saturated carbocycles. The van der Waals surface area contributed by atoms with Gasteiger partial charge in [-0.15, -0.1) is 0 Å². The highest BCUT2D eigenvalue weighted by Crippen LogP contribution is 2.27. The van der Waals surface area contributed by atoms with E-state index in [0.29, 0.717) is 18.4 Å². The Morgan fingerprint density at radius 2 is 1.87 bits per heavy atom. The van der Waals surface area contributed by atoms with Crippen molar-refractivity contribution in [1.82, 2.24) is 25.1 Å². The molecule has 164 valence electrons. The molecule has 1 aliphatic heterocycles. The van der Waals surface area contributed by atoms with Crippen molar-refractivity contribution in [3.8, 4) is 11.5 Å². The molecule has 1 saturated heterocycles. The highest BCUT2D eigenvalue weighted by atomic mass is 16.5. The molecule has 7 heteroatoms. The third-order valence-electron chi connectivity index (χ3n) is 5.69. The molecule has 0 unspecified atom stereocenters. The third kappa shape index (κ3) is 5.61. The topological polar surface area (TPSA) is 76.2 Å². The maximum Gasteiger partial charge on any atom is 0.130 e. The fraction of sp³-hybridized carbons (Fsp3) is 0.458. The van der Waals surface area contributed by atoms with Gasteiger partial charge in [0.05, 0.1) is 19.4 Å². The summed E-state index contributed by atoms with van der Waals surface area (Å²) >= 11 is 0. The van der Waals surface area contributed by atoms with E-state index in [0.717, 1.165) is 61.2 Å². The molecule has 31 heavy (non-hydrogen) atoms. The van der Waals surface area contributed by atoms with Gasteiger partial charge in [-0.1, -0.05) is 13.8 Å². The summed E-state index contributed by atoms with van der Waals surface area (Å²) in [4.78, 5) is 11.4. The van der Waals surface area contributed by atoms with Gasteiger partial charge in [0.2, 0.25) is 0 Å². The van der Waals surface area contributed by atoms with E-state index in [1.165, 1.54) is 5.56 Å². The van der Waals surface area contributed by atoms with Gasteiger partial charge in [-0.25, -0.2) is 9.97 Å². The summed E-state index contributed by atoms with van der Waals surface area (Å²) < 4.78 is 11.0. The number of hydrogen-bond acceptors (Lipinski definition) is 6. The monoisotopic (exact) mass is 421 g/mol. The molecule has 1 aliphatic rings. The summed E-state index contributed by atoms with van der Waals surface area (Å²) in [5.41, 5.74) is 3.43. The number of nitrogens with zero attached hydrogens (tertiary/aromatic N) is 4. The van der Waals surface area contributed by atoms with E-state index in [4.69, 9.17) is 9.47 Å². The van der Waals surface area contributed by atoms with E-state index in [-0.39, 0.29) is 0 Å². The van der Waals surface area contributed by atoms with Crippen LogP contribution in [-0.2, 0) is 13.0 Å². The number of H-pyrrole nitrogens is 1. The van der Waals surface area contributed by atoms with Crippen molar-refractivity contribution in [1.29, 1.82) is 0 Å². The van der Waals surface area contributed by atoms with Gasteiger partial charge in [0.25, 0.3) is 0 Å². The lowest BCUT2D eigenvalue weighted by molar-refractivity contribution is 0.319. The lowest BCUT2D eigenvalue weighted by Gasteiger charge is -2.15. The molecule has 0 radical (unpaired) electrons. The van der Waals surface area contributed by atoms with Crippen molar-refractivity contribution in [2.75, 3.05) is 26.8 Å². The molecular formula is C24H31N5O2. The maximum absolute atomic E-state index is 5.83. The zero-order valence-electron chi connectivity index (χ0n) is 18.5. The van der Waals surface area contributed by atoms with Gasteiger partial charge in [-0.05, 0) is 43.3 Å². The van der Waals surface area contributed by atoms with E-state index in [1.54, 1.807) is 7.11 Å². The van der Waals surface area contributed by atoms with Crippen LogP contribution in [0.15, 0.2) is 42.7 Å². The molecule has 1 fully saturated rings. The first-order chi connectivity index (χ1) is 15.1.